The number of hydrogen-bond acceptors (Lipinski definition) is 2. The fraction of sp³-hybridized carbons (Fsp3) is 0.562. The van der Waals surface area contributed by atoms with Crippen LogP contribution in [0.15, 0.2) is 18.2 Å². The Morgan fingerprint density at radius 3 is 2.70 bits per heavy atom. The summed E-state index contributed by atoms with van der Waals surface area (Å²) in [6, 6.07) is 5.60. The summed E-state index contributed by atoms with van der Waals surface area (Å²) in [7, 11) is 2.09. The summed E-state index contributed by atoms with van der Waals surface area (Å²) in [5, 5.41) is 0. The van der Waals surface area contributed by atoms with E-state index in [4.69, 9.17) is 18.0 Å². The number of hydrogen-bond donors (Lipinski definition) is 1. The molecule has 4 heteroatoms. The molecule has 1 saturated carbocycles. The average molecular weight is 294 g/mol. The van der Waals surface area contributed by atoms with Crippen LogP contribution >= 0.6 is 12.2 Å². The lowest BCUT2D eigenvalue weighted by Gasteiger charge is -2.36. The van der Waals surface area contributed by atoms with E-state index < -0.39 is 0 Å². The van der Waals surface area contributed by atoms with Crippen molar-refractivity contribution in [3.05, 3.63) is 35.1 Å². The van der Waals surface area contributed by atoms with Crippen LogP contribution in [0.4, 0.5) is 4.39 Å². The van der Waals surface area contributed by atoms with Gasteiger partial charge in [-0.15, -0.1) is 0 Å². The minimum Gasteiger partial charge on any atom is -0.389 e. The second-order valence-electron chi connectivity index (χ2n) is 5.91. The Balaban J connectivity index is 2.07. The number of benzene rings is 1. The van der Waals surface area contributed by atoms with Gasteiger partial charge in [-0.05, 0) is 31.9 Å². The Morgan fingerprint density at radius 2 is 2.10 bits per heavy atom. The van der Waals surface area contributed by atoms with Crippen LogP contribution in [0.25, 0.3) is 0 Å². The van der Waals surface area contributed by atoms with E-state index in [-0.39, 0.29) is 10.8 Å². The van der Waals surface area contributed by atoms with Crippen LogP contribution in [0.2, 0.25) is 0 Å². The molecule has 0 aromatic heterocycles. The molecule has 0 heterocycles. The lowest BCUT2D eigenvalue weighted by atomic mass is 9.85. The minimum atomic E-state index is -0.217. The van der Waals surface area contributed by atoms with E-state index in [9.17, 15) is 4.39 Å². The third kappa shape index (κ3) is 3.55. The molecular formula is C16H23FN2S. The summed E-state index contributed by atoms with van der Waals surface area (Å²) in [5.41, 5.74) is 6.83. The molecule has 2 nitrogen and oxygen atoms in total. The summed E-state index contributed by atoms with van der Waals surface area (Å²) < 4.78 is 14.1. The topological polar surface area (TPSA) is 29.3 Å². The minimum absolute atomic E-state index is 0.217. The van der Waals surface area contributed by atoms with E-state index in [1.807, 2.05) is 0 Å². The number of nitrogens with two attached hydrogens (primary N) is 1. The van der Waals surface area contributed by atoms with Crippen LogP contribution in [0.5, 0.6) is 0 Å². The van der Waals surface area contributed by atoms with Gasteiger partial charge in [0.15, 0.2) is 0 Å². The number of nitrogens with zero attached hydrogens (tertiary/aromatic N) is 1. The highest BCUT2D eigenvalue weighted by Gasteiger charge is 2.25. The maximum Gasteiger partial charge on any atom is 0.128 e. The average Bonchev–Trinajstić information content (AvgIpc) is 2.41. The van der Waals surface area contributed by atoms with Gasteiger partial charge in [0.1, 0.15) is 10.8 Å². The van der Waals surface area contributed by atoms with Gasteiger partial charge in [-0.3, -0.25) is 4.90 Å². The van der Waals surface area contributed by atoms with Crippen molar-refractivity contribution >= 4 is 17.2 Å². The van der Waals surface area contributed by atoms with Gasteiger partial charge in [0.25, 0.3) is 0 Å². The Labute approximate surface area is 126 Å². The van der Waals surface area contributed by atoms with E-state index in [1.54, 1.807) is 12.1 Å². The highest BCUT2D eigenvalue weighted by molar-refractivity contribution is 7.80. The van der Waals surface area contributed by atoms with E-state index in [2.05, 4.69) is 18.9 Å². The summed E-state index contributed by atoms with van der Waals surface area (Å²) in [4.78, 5) is 2.52. The first-order valence-corrected chi connectivity index (χ1v) is 7.68. The Morgan fingerprint density at radius 1 is 1.40 bits per heavy atom. The summed E-state index contributed by atoms with van der Waals surface area (Å²) in [6.45, 7) is 2.94. The number of halogens is 1. The zero-order valence-corrected chi connectivity index (χ0v) is 13.0. The largest absolute Gasteiger partial charge is 0.389 e. The maximum atomic E-state index is 14.1. The van der Waals surface area contributed by atoms with Crippen LogP contribution in [-0.2, 0) is 6.54 Å². The van der Waals surface area contributed by atoms with Crippen LogP contribution in [0, 0.1) is 11.7 Å². The van der Waals surface area contributed by atoms with Crippen molar-refractivity contribution in [1.29, 1.82) is 0 Å². The van der Waals surface area contributed by atoms with Crippen LogP contribution < -0.4 is 5.73 Å². The molecule has 2 rings (SSSR count). The Hall–Kier alpha value is -1.00. The number of rotatable bonds is 4. The molecule has 0 spiro atoms. The fourth-order valence-electron chi connectivity index (χ4n) is 3.17. The highest BCUT2D eigenvalue weighted by Crippen LogP contribution is 2.28. The van der Waals surface area contributed by atoms with E-state index in [1.165, 1.54) is 31.7 Å². The van der Waals surface area contributed by atoms with E-state index in [0.717, 1.165) is 0 Å². The molecule has 0 radical (unpaired) electrons. The smallest absolute Gasteiger partial charge is 0.128 e. The molecule has 1 aromatic rings. The first kappa shape index (κ1) is 15.4. The predicted molar refractivity (Wildman–Crippen MR) is 85.2 cm³/mol. The van der Waals surface area contributed by atoms with Gasteiger partial charge in [0, 0.05) is 23.7 Å². The van der Waals surface area contributed by atoms with E-state index in [0.29, 0.717) is 29.6 Å². The van der Waals surface area contributed by atoms with Crippen molar-refractivity contribution in [1.82, 2.24) is 4.90 Å². The molecule has 2 atom stereocenters. The molecule has 1 aliphatic carbocycles. The standard InChI is InChI=1S/C16H23FN2S/c1-11-5-3-4-6-15(11)19(2)10-13-8-7-12(16(18)20)9-14(13)17/h7-9,11,15H,3-6,10H2,1-2H3,(H2,18,20). The normalized spacial score (nSPS) is 23.0. The summed E-state index contributed by atoms with van der Waals surface area (Å²) in [6.07, 6.45) is 5.09. The molecule has 1 fully saturated rings. The predicted octanol–water partition coefficient (Wildman–Crippen LogP) is 3.47. The third-order valence-electron chi connectivity index (χ3n) is 4.39. The van der Waals surface area contributed by atoms with Gasteiger partial charge in [0.2, 0.25) is 0 Å². The van der Waals surface area contributed by atoms with Gasteiger partial charge < -0.3 is 5.73 Å². The van der Waals surface area contributed by atoms with Crippen LogP contribution in [0.3, 0.4) is 0 Å². The summed E-state index contributed by atoms with van der Waals surface area (Å²) in [5.74, 6) is 0.471. The lowest BCUT2D eigenvalue weighted by molar-refractivity contribution is 0.132. The lowest BCUT2D eigenvalue weighted by Crippen LogP contribution is -2.38. The van der Waals surface area contributed by atoms with Crippen molar-refractivity contribution in [3.63, 3.8) is 0 Å². The Bertz CT molecular complexity index is 489. The second-order valence-corrected chi connectivity index (χ2v) is 6.35. The Kier molecular flexibility index (Phi) is 5.11. The summed E-state index contributed by atoms with van der Waals surface area (Å²) >= 11 is 4.87. The SMILES string of the molecule is CC1CCCCC1N(C)Cc1ccc(C(N)=S)cc1F. The molecular weight excluding hydrogens is 271 g/mol. The van der Waals surface area contributed by atoms with Crippen LogP contribution in [-0.4, -0.2) is 23.0 Å². The third-order valence-corrected chi connectivity index (χ3v) is 4.63. The molecule has 1 aromatic carbocycles. The highest BCUT2D eigenvalue weighted by atomic mass is 32.1. The first-order chi connectivity index (χ1) is 9.49. The van der Waals surface area contributed by atoms with Crippen molar-refractivity contribution in [2.75, 3.05) is 7.05 Å². The van der Waals surface area contributed by atoms with Gasteiger partial charge >= 0.3 is 0 Å². The molecule has 0 bridgehead atoms. The van der Waals surface area contributed by atoms with Crippen LogP contribution in [0.1, 0.15) is 43.7 Å². The molecule has 1 aliphatic rings. The maximum absolute atomic E-state index is 14.1. The van der Waals surface area contributed by atoms with Gasteiger partial charge in [-0.1, -0.05) is 44.1 Å². The van der Waals surface area contributed by atoms with Crippen molar-refractivity contribution in [3.8, 4) is 0 Å². The molecule has 20 heavy (non-hydrogen) atoms. The zero-order chi connectivity index (χ0) is 14.7. The van der Waals surface area contributed by atoms with Crippen molar-refractivity contribution < 1.29 is 4.39 Å². The van der Waals surface area contributed by atoms with E-state index >= 15 is 0 Å². The van der Waals surface area contributed by atoms with Crippen molar-refractivity contribution in [2.24, 2.45) is 11.7 Å². The van der Waals surface area contributed by atoms with Gasteiger partial charge in [-0.2, -0.15) is 0 Å². The molecule has 2 N–H and O–H groups in total. The molecule has 0 saturated heterocycles. The molecule has 110 valence electrons. The second kappa shape index (κ2) is 6.64. The monoisotopic (exact) mass is 294 g/mol. The molecule has 0 amide bonds. The fourth-order valence-corrected chi connectivity index (χ4v) is 3.29. The van der Waals surface area contributed by atoms with Crippen molar-refractivity contribution in [2.45, 2.75) is 45.2 Å². The number of thiocarbonyl (C=S) groups is 1. The quantitative estimate of drug-likeness (QED) is 0.862. The van der Waals surface area contributed by atoms with Gasteiger partial charge in [-0.25, -0.2) is 4.39 Å². The van der Waals surface area contributed by atoms with Gasteiger partial charge in [0.05, 0.1) is 0 Å². The molecule has 0 aliphatic heterocycles. The molecule has 2 unspecified atom stereocenters. The first-order valence-electron chi connectivity index (χ1n) is 7.27. The zero-order valence-electron chi connectivity index (χ0n) is 12.2.